The van der Waals surface area contributed by atoms with Crippen molar-refractivity contribution >= 4 is 23.0 Å². The molecule has 0 bridgehead atoms. The van der Waals surface area contributed by atoms with Gasteiger partial charge in [0, 0.05) is 5.39 Å². The number of fused-ring (bicyclic) bond motifs is 1. The Hall–Kier alpha value is -2.92. The van der Waals surface area contributed by atoms with Crippen LogP contribution in [0.1, 0.15) is 18.9 Å². The lowest BCUT2D eigenvalue weighted by Crippen LogP contribution is -2.00. The third-order valence-electron chi connectivity index (χ3n) is 4.56. The fourth-order valence-corrected chi connectivity index (χ4v) is 3.58. The summed E-state index contributed by atoms with van der Waals surface area (Å²) in [7, 11) is 0. The van der Waals surface area contributed by atoms with Crippen molar-refractivity contribution in [1.82, 2.24) is 14.8 Å². The zero-order valence-electron chi connectivity index (χ0n) is 14.4. The quantitative estimate of drug-likeness (QED) is 0.478. The van der Waals surface area contributed by atoms with Crippen LogP contribution in [0.3, 0.4) is 0 Å². The molecule has 0 fully saturated rings. The number of aromatic nitrogens is 3. The lowest BCUT2D eigenvalue weighted by Gasteiger charge is -2.12. The third-order valence-corrected chi connectivity index (χ3v) is 4.83. The second-order valence-electron chi connectivity index (χ2n) is 6.25. The Bertz CT molecular complexity index is 1140. The molecule has 0 saturated carbocycles. The van der Waals surface area contributed by atoms with Gasteiger partial charge in [0.05, 0.1) is 11.3 Å². The highest BCUT2D eigenvalue weighted by molar-refractivity contribution is 7.71. The topological polar surface area (TPSA) is 53.8 Å². The van der Waals surface area contributed by atoms with E-state index in [-0.39, 0.29) is 5.75 Å². The van der Waals surface area contributed by atoms with Gasteiger partial charge in [-0.3, -0.25) is 9.67 Å². The van der Waals surface area contributed by atoms with Gasteiger partial charge in [-0.15, -0.1) is 0 Å². The number of hydrogen-bond acceptors (Lipinski definition) is 3. The molecule has 0 aliphatic carbocycles. The lowest BCUT2D eigenvalue weighted by molar-refractivity contribution is 0.469. The average Bonchev–Trinajstić information content (AvgIpc) is 3.04. The first-order valence-corrected chi connectivity index (χ1v) is 9.08. The summed E-state index contributed by atoms with van der Waals surface area (Å²) < 4.78 is 2.39. The zero-order chi connectivity index (χ0) is 18.1. The Labute approximate surface area is 156 Å². The zero-order valence-corrected chi connectivity index (χ0v) is 15.3. The summed E-state index contributed by atoms with van der Waals surface area (Å²) >= 11 is 5.51. The Kier molecular flexibility index (Phi) is 4.31. The van der Waals surface area contributed by atoms with Gasteiger partial charge in [-0.1, -0.05) is 61.9 Å². The van der Waals surface area contributed by atoms with Crippen LogP contribution in [0.5, 0.6) is 5.75 Å². The molecule has 0 amide bonds. The number of aryl methyl sites for hydroxylation is 1. The number of hydrogen-bond donors (Lipinski definition) is 2. The molecule has 2 N–H and O–H groups in total. The lowest BCUT2D eigenvalue weighted by atomic mass is 10.0. The molecule has 4 aromatic rings. The van der Waals surface area contributed by atoms with Crippen molar-refractivity contribution in [3.8, 4) is 22.8 Å². The molecule has 0 aliphatic heterocycles. The van der Waals surface area contributed by atoms with Crippen LogP contribution in [0.15, 0.2) is 60.7 Å². The maximum atomic E-state index is 10.8. The third kappa shape index (κ3) is 2.70. The smallest absolute Gasteiger partial charge is 0.200 e. The second kappa shape index (κ2) is 6.77. The molecule has 1 aromatic heterocycles. The van der Waals surface area contributed by atoms with E-state index in [4.69, 9.17) is 12.2 Å². The maximum absolute atomic E-state index is 10.8. The van der Waals surface area contributed by atoms with E-state index in [1.807, 2.05) is 47.0 Å². The number of phenolic OH excluding ortho intramolecular Hbond substituents is 1. The van der Waals surface area contributed by atoms with E-state index in [2.05, 4.69) is 35.3 Å². The molecule has 5 heteroatoms. The Morgan fingerprint density at radius 2 is 1.81 bits per heavy atom. The van der Waals surface area contributed by atoms with E-state index in [0.29, 0.717) is 16.2 Å². The van der Waals surface area contributed by atoms with Crippen LogP contribution in [-0.4, -0.2) is 19.9 Å². The Balaban J connectivity index is 1.98. The van der Waals surface area contributed by atoms with Gasteiger partial charge < -0.3 is 5.11 Å². The molecule has 0 saturated heterocycles. The molecule has 0 unspecified atom stereocenters. The maximum Gasteiger partial charge on any atom is 0.200 e. The fourth-order valence-electron chi connectivity index (χ4n) is 3.35. The number of nitrogens with one attached hydrogen (secondary N) is 1. The molecule has 1 heterocycles. The van der Waals surface area contributed by atoms with Gasteiger partial charge >= 0.3 is 0 Å². The van der Waals surface area contributed by atoms with Crippen LogP contribution in [0.2, 0.25) is 0 Å². The molecule has 4 rings (SSSR count). The number of para-hydroxylation sites is 1. The first-order valence-electron chi connectivity index (χ1n) is 8.67. The molecule has 0 atom stereocenters. The molecular formula is C21H19N3OS. The van der Waals surface area contributed by atoms with Crippen LogP contribution in [0.4, 0.5) is 0 Å². The summed E-state index contributed by atoms with van der Waals surface area (Å²) in [6, 6.07) is 20.0. The number of nitrogens with zero attached hydrogens (tertiary/aromatic N) is 2. The van der Waals surface area contributed by atoms with E-state index in [1.54, 1.807) is 0 Å². The number of phenols is 1. The largest absolute Gasteiger partial charge is 0.507 e. The van der Waals surface area contributed by atoms with Crippen molar-refractivity contribution in [2.75, 3.05) is 0 Å². The summed E-state index contributed by atoms with van der Waals surface area (Å²) in [5.74, 6) is 0.881. The molecule has 0 aliphatic rings. The van der Waals surface area contributed by atoms with Crippen molar-refractivity contribution in [3.63, 3.8) is 0 Å². The molecule has 0 spiro atoms. The normalized spacial score (nSPS) is 11.1. The van der Waals surface area contributed by atoms with Crippen LogP contribution in [-0.2, 0) is 6.42 Å². The number of rotatable bonds is 4. The summed E-state index contributed by atoms with van der Waals surface area (Å²) in [5.41, 5.74) is 2.54. The minimum Gasteiger partial charge on any atom is -0.507 e. The monoisotopic (exact) mass is 361 g/mol. The van der Waals surface area contributed by atoms with Gasteiger partial charge in [-0.2, -0.15) is 5.10 Å². The highest BCUT2D eigenvalue weighted by Gasteiger charge is 2.17. The molecule has 3 aromatic carbocycles. The minimum absolute atomic E-state index is 0.268. The van der Waals surface area contributed by atoms with E-state index in [9.17, 15) is 5.11 Å². The van der Waals surface area contributed by atoms with E-state index >= 15 is 0 Å². The number of aromatic amines is 1. The fraction of sp³-hybridized carbons (Fsp3) is 0.143. The summed E-state index contributed by atoms with van der Waals surface area (Å²) in [6.07, 6.45) is 1.78. The second-order valence-corrected chi connectivity index (χ2v) is 6.64. The van der Waals surface area contributed by atoms with Gasteiger partial charge in [-0.05, 0) is 41.7 Å². The molecular weight excluding hydrogens is 342 g/mol. The van der Waals surface area contributed by atoms with Gasteiger partial charge in [0.1, 0.15) is 5.75 Å². The van der Waals surface area contributed by atoms with Gasteiger partial charge in [-0.25, -0.2) is 0 Å². The van der Waals surface area contributed by atoms with Gasteiger partial charge in [0.2, 0.25) is 0 Å². The first-order chi connectivity index (χ1) is 12.7. The number of aromatic hydroxyl groups is 1. The summed E-state index contributed by atoms with van der Waals surface area (Å²) in [5, 5.41) is 20.3. The SMILES string of the molecule is CCCc1cccc(-c2n[nH]c(=S)n2-c2cccc3ccccc23)c1O. The van der Waals surface area contributed by atoms with E-state index in [0.717, 1.165) is 34.9 Å². The van der Waals surface area contributed by atoms with Crippen molar-refractivity contribution in [3.05, 3.63) is 71.0 Å². The van der Waals surface area contributed by atoms with Crippen molar-refractivity contribution in [2.24, 2.45) is 0 Å². The summed E-state index contributed by atoms with van der Waals surface area (Å²) in [4.78, 5) is 0. The highest BCUT2D eigenvalue weighted by atomic mass is 32.1. The number of H-pyrrole nitrogens is 1. The van der Waals surface area contributed by atoms with Crippen LogP contribution >= 0.6 is 12.2 Å². The van der Waals surface area contributed by atoms with Crippen LogP contribution in [0.25, 0.3) is 27.8 Å². The minimum atomic E-state index is 0.268. The molecule has 26 heavy (non-hydrogen) atoms. The number of benzene rings is 3. The van der Waals surface area contributed by atoms with Crippen LogP contribution in [0, 0.1) is 4.77 Å². The summed E-state index contributed by atoms with van der Waals surface area (Å²) in [6.45, 7) is 2.10. The Morgan fingerprint density at radius 3 is 2.65 bits per heavy atom. The van der Waals surface area contributed by atoms with E-state index in [1.165, 1.54) is 0 Å². The average molecular weight is 361 g/mol. The Morgan fingerprint density at radius 1 is 1.04 bits per heavy atom. The predicted molar refractivity (Wildman–Crippen MR) is 107 cm³/mol. The molecule has 130 valence electrons. The standard InChI is InChI=1S/C21H19N3OS/c1-2-7-15-10-5-12-17(19(15)25)20-22-23-21(26)24(20)18-13-6-9-14-8-3-4-11-16(14)18/h3-6,8-13,25H,2,7H2,1H3,(H,23,26). The van der Waals surface area contributed by atoms with Crippen molar-refractivity contribution in [1.29, 1.82) is 0 Å². The first kappa shape index (κ1) is 16.5. The molecule has 4 nitrogen and oxygen atoms in total. The predicted octanol–water partition coefficient (Wildman–Crippen LogP) is 5.41. The molecule has 0 radical (unpaired) electrons. The van der Waals surface area contributed by atoms with Crippen LogP contribution < -0.4 is 0 Å². The highest BCUT2D eigenvalue weighted by Crippen LogP contribution is 2.34. The van der Waals surface area contributed by atoms with Crippen molar-refractivity contribution in [2.45, 2.75) is 19.8 Å². The van der Waals surface area contributed by atoms with Gasteiger partial charge in [0.25, 0.3) is 0 Å². The van der Waals surface area contributed by atoms with Gasteiger partial charge in [0.15, 0.2) is 10.6 Å². The van der Waals surface area contributed by atoms with E-state index < -0.39 is 0 Å². The van der Waals surface area contributed by atoms with Crippen molar-refractivity contribution < 1.29 is 5.11 Å².